The molecule has 0 aliphatic heterocycles. The van der Waals surface area contributed by atoms with Crippen LogP contribution in [0.5, 0.6) is 0 Å². The first-order valence-electron chi connectivity index (χ1n) is 5.60. The van der Waals surface area contributed by atoms with Crippen LogP contribution in [0.2, 0.25) is 0 Å². The molecule has 0 atom stereocenters. The molecule has 0 fully saturated rings. The summed E-state index contributed by atoms with van der Waals surface area (Å²) < 4.78 is 5.15. The number of carbonyl (C=O) groups excluding carboxylic acids is 1. The first-order valence-corrected chi connectivity index (χ1v) is 5.60. The fourth-order valence-electron chi connectivity index (χ4n) is 1.44. The maximum atomic E-state index is 11.5. The zero-order valence-electron chi connectivity index (χ0n) is 10.8. The van der Waals surface area contributed by atoms with Crippen molar-refractivity contribution >= 4 is 11.8 Å². The second kappa shape index (κ2) is 5.08. The number of ether oxygens (including phenoxy) is 1. The summed E-state index contributed by atoms with van der Waals surface area (Å²) in [5.74, 6) is 0. The number of anilines is 1. The standard InChI is InChI=1S/C13H20N2O2/c1-9-6-5-7-11(14)10(9)8-15-12(16)17-13(2,3)4/h5-7H,8,14H2,1-4H3,(H,15,16). The Bertz CT molecular complexity index is 388. The molecule has 17 heavy (non-hydrogen) atoms. The van der Waals surface area contributed by atoms with E-state index in [4.69, 9.17) is 10.5 Å². The predicted octanol–water partition coefficient (Wildman–Crippen LogP) is 2.60. The number of hydrogen-bond acceptors (Lipinski definition) is 3. The average Bonchev–Trinajstić information content (AvgIpc) is 2.14. The van der Waals surface area contributed by atoms with Gasteiger partial charge in [0.1, 0.15) is 5.60 Å². The van der Waals surface area contributed by atoms with Crippen molar-refractivity contribution in [2.75, 3.05) is 5.73 Å². The van der Waals surface area contributed by atoms with Crippen LogP contribution < -0.4 is 11.1 Å². The third kappa shape index (κ3) is 4.34. The molecule has 0 saturated heterocycles. The monoisotopic (exact) mass is 236 g/mol. The summed E-state index contributed by atoms with van der Waals surface area (Å²) in [6.07, 6.45) is -0.430. The van der Waals surface area contributed by atoms with E-state index in [0.717, 1.165) is 11.1 Å². The molecule has 0 aliphatic carbocycles. The number of rotatable bonds is 2. The van der Waals surface area contributed by atoms with Crippen LogP contribution in [0.4, 0.5) is 10.5 Å². The van der Waals surface area contributed by atoms with Crippen molar-refractivity contribution in [1.29, 1.82) is 0 Å². The molecule has 0 unspecified atom stereocenters. The van der Waals surface area contributed by atoms with Crippen LogP contribution >= 0.6 is 0 Å². The number of amides is 1. The number of benzene rings is 1. The van der Waals surface area contributed by atoms with E-state index in [0.29, 0.717) is 12.2 Å². The molecular formula is C13H20N2O2. The lowest BCUT2D eigenvalue weighted by Gasteiger charge is -2.20. The molecule has 0 bridgehead atoms. The molecule has 94 valence electrons. The van der Waals surface area contributed by atoms with Crippen molar-refractivity contribution in [2.24, 2.45) is 0 Å². The average molecular weight is 236 g/mol. The van der Waals surface area contributed by atoms with Crippen LogP contribution in [-0.4, -0.2) is 11.7 Å². The van der Waals surface area contributed by atoms with Crippen LogP contribution in [0.3, 0.4) is 0 Å². The van der Waals surface area contributed by atoms with Crippen molar-refractivity contribution in [2.45, 2.75) is 39.8 Å². The van der Waals surface area contributed by atoms with E-state index in [-0.39, 0.29) is 0 Å². The molecule has 3 N–H and O–H groups in total. The van der Waals surface area contributed by atoms with Gasteiger partial charge in [0.15, 0.2) is 0 Å². The van der Waals surface area contributed by atoms with Gasteiger partial charge in [0, 0.05) is 12.2 Å². The lowest BCUT2D eigenvalue weighted by atomic mass is 10.1. The van der Waals surface area contributed by atoms with Gasteiger partial charge in [-0.3, -0.25) is 0 Å². The number of carbonyl (C=O) groups is 1. The summed E-state index contributed by atoms with van der Waals surface area (Å²) >= 11 is 0. The molecule has 0 aromatic heterocycles. The lowest BCUT2D eigenvalue weighted by Crippen LogP contribution is -2.32. The van der Waals surface area contributed by atoms with Crippen LogP contribution in [0.1, 0.15) is 31.9 Å². The van der Waals surface area contributed by atoms with Gasteiger partial charge in [-0.05, 0) is 44.9 Å². The van der Waals surface area contributed by atoms with E-state index in [9.17, 15) is 4.79 Å². The SMILES string of the molecule is Cc1cccc(N)c1CNC(=O)OC(C)(C)C. The minimum atomic E-state index is -0.485. The largest absolute Gasteiger partial charge is 0.444 e. The van der Waals surface area contributed by atoms with Gasteiger partial charge in [0.25, 0.3) is 0 Å². The van der Waals surface area contributed by atoms with Crippen LogP contribution in [0, 0.1) is 6.92 Å². The summed E-state index contributed by atoms with van der Waals surface area (Å²) in [4.78, 5) is 11.5. The van der Waals surface area contributed by atoms with Gasteiger partial charge < -0.3 is 15.8 Å². The number of hydrogen-bond donors (Lipinski definition) is 2. The number of nitrogens with one attached hydrogen (secondary N) is 1. The van der Waals surface area contributed by atoms with Gasteiger partial charge in [0.05, 0.1) is 0 Å². The van der Waals surface area contributed by atoms with Gasteiger partial charge in [-0.1, -0.05) is 12.1 Å². The smallest absolute Gasteiger partial charge is 0.407 e. The zero-order valence-corrected chi connectivity index (χ0v) is 10.8. The Balaban J connectivity index is 2.59. The fraction of sp³-hybridized carbons (Fsp3) is 0.462. The number of nitrogen functional groups attached to an aromatic ring is 1. The minimum Gasteiger partial charge on any atom is -0.444 e. The highest BCUT2D eigenvalue weighted by Crippen LogP contribution is 2.16. The third-order valence-corrected chi connectivity index (χ3v) is 2.25. The lowest BCUT2D eigenvalue weighted by molar-refractivity contribution is 0.0523. The Labute approximate surface area is 102 Å². The number of alkyl carbamates (subject to hydrolysis) is 1. The molecular weight excluding hydrogens is 216 g/mol. The highest BCUT2D eigenvalue weighted by Gasteiger charge is 2.16. The topological polar surface area (TPSA) is 64.3 Å². The summed E-state index contributed by atoms with van der Waals surface area (Å²) in [6.45, 7) is 7.83. The molecule has 4 nitrogen and oxygen atoms in total. The Hall–Kier alpha value is -1.71. The van der Waals surface area contributed by atoms with Gasteiger partial charge in [0.2, 0.25) is 0 Å². The van der Waals surface area contributed by atoms with E-state index >= 15 is 0 Å². The van der Waals surface area contributed by atoms with Crippen LogP contribution in [-0.2, 0) is 11.3 Å². The molecule has 1 rings (SSSR count). The van der Waals surface area contributed by atoms with E-state index < -0.39 is 11.7 Å². The van der Waals surface area contributed by atoms with E-state index in [2.05, 4.69) is 5.32 Å². The Morgan fingerprint density at radius 3 is 2.59 bits per heavy atom. The maximum absolute atomic E-state index is 11.5. The maximum Gasteiger partial charge on any atom is 0.407 e. The Morgan fingerprint density at radius 2 is 2.06 bits per heavy atom. The summed E-state index contributed by atoms with van der Waals surface area (Å²) in [6, 6.07) is 5.67. The summed E-state index contributed by atoms with van der Waals surface area (Å²) in [7, 11) is 0. The van der Waals surface area contributed by atoms with E-state index in [1.807, 2.05) is 45.9 Å². The first-order chi connectivity index (χ1) is 7.79. The molecule has 0 aliphatic rings. The Morgan fingerprint density at radius 1 is 1.41 bits per heavy atom. The van der Waals surface area contributed by atoms with Gasteiger partial charge in [-0.2, -0.15) is 0 Å². The minimum absolute atomic E-state index is 0.382. The van der Waals surface area contributed by atoms with Crippen molar-refractivity contribution in [3.05, 3.63) is 29.3 Å². The number of nitrogens with two attached hydrogens (primary N) is 1. The molecule has 1 amide bonds. The second-order valence-electron chi connectivity index (χ2n) is 5.00. The van der Waals surface area contributed by atoms with Gasteiger partial charge >= 0.3 is 6.09 Å². The molecule has 4 heteroatoms. The summed E-state index contributed by atoms with van der Waals surface area (Å²) in [5.41, 5.74) is 8.03. The molecule has 0 heterocycles. The molecule has 0 radical (unpaired) electrons. The summed E-state index contributed by atoms with van der Waals surface area (Å²) in [5, 5.41) is 2.70. The predicted molar refractivity (Wildman–Crippen MR) is 68.7 cm³/mol. The van der Waals surface area contributed by atoms with Crippen molar-refractivity contribution in [1.82, 2.24) is 5.32 Å². The van der Waals surface area contributed by atoms with Crippen LogP contribution in [0.25, 0.3) is 0 Å². The van der Waals surface area contributed by atoms with Crippen LogP contribution in [0.15, 0.2) is 18.2 Å². The number of aryl methyl sites for hydroxylation is 1. The van der Waals surface area contributed by atoms with E-state index in [1.165, 1.54) is 0 Å². The highest BCUT2D eigenvalue weighted by atomic mass is 16.6. The second-order valence-corrected chi connectivity index (χ2v) is 5.00. The zero-order chi connectivity index (χ0) is 13.1. The fourth-order valence-corrected chi connectivity index (χ4v) is 1.44. The van der Waals surface area contributed by atoms with Crippen molar-refractivity contribution in [3.63, 3.8) is 0 Å². The highest BCUT2D eigenvalue weighted by molar-refractivity contribution is 5.68. The molecule has 0 spiro atoms. The third-order valence-electron chi connectivity index (χ3n) is 2.25. The molecule has 1 aromatic rings. The molecule has 1 aromatic carbocycles. The Kier molecular flexibility index (Phi) is 3.99. The van der Waals surface area contributed by atoms with Crippen molar-refractivity contribution < 1.29 is 9.53 Å². The first kappa shape index (κ1) is 13.4. The van der Waals surface area contributed by atoms with Gasteiger partial charge in [-0.25, -0.2) is 4.79 Å². The molecule has 0 saturated carbocycles. The van der Waals surface area contributed by atoms with Crippen molar-refractivity contribution in [3.8, 4) is 0 Å². The quantitative estimate of drug-likeness (QED) is 0.776. The normalized spacial score (nSPS) is 11.1. The van der Waals surface area contributed by atoms with E-state index in [1.54, 1.807) is 0 Å². The van der Waals surface area contributed by atoms with Gasteiger partial charge in [-0.15, -0.1) is 0 Å².